The lowest BCUT2D eigenvalue weighted by atomic mass is 10.2. The van der Waals surface area contributed by atoms with E-state index < -0.39 is 0 Å². The van der Waals surface area contributed by atoms with Gasteiger partial charge in [-0.15, -0.1) is 0 Å². The van der Waals surface area contributed by atoms with Gasteiger partial charge in [0.25, 0.3) is 0 Å². The average Bonchev–Trinajstić information content (AvgIpc) is 2.52. The van der Waals surface area contributed by atoms with Gasteiger partial charge in [-0.3, -0.25) is 0 Å². The van der Waals surface area contributed by atoms with Crippen LogP contribution in [0.1, 0.15) is 18.1 Å². The molecule has 0 heterocycles. The van der Waals surface area contributed by atoms with Crippen molar-refractivity contribution in [1.29, 1.82) is 0 Å². The molecule has 2 aromatic rings. The Kier molecular flexibility index (Phi) is 5.58. The minimum Gasteiger partial charge on any atom is -0.490 e. The highest BCUT2D eigenvalue weighted by atomic mass is 32.1. The fourth-order valence-electron chi connectivity index (χ4n) is 1.91. The summed E-state index contributed by atoms with van der Waals surface area (Å²) in [6, 6.07) is 15.5. The molecule has 4 heteroatoms. The number of hydrogen-bond donors (Lipinski definition) is 1. The number of ether oxygens (including phenoxy) is 2. The summed E-state index contributed by atoms with van der Waals surface area (Å²) in [4.78, 5) is 0.369. The van der Waals surface area contributed by atoms with Crippen molar-refractivity contribution in [3.63, 3.8) is 0 Å². The molecule has 0 atom stereocenters. The minimum absolute atomic E-state index is 0.369. The van der Waals surface area contributed by atoms with E-state index in [1.54, 1.807) is 0 Å². The van der Waals surface area contributed by atoms with Gasteiger partial charge in [-0.05, 0) is 36.2 Å². The molecule has 0 radical (unpaired) electrons. The molecule has 0 spiro atoms. The number of benzene rings is 2. The highest BCUT2D eigenvalue weighted by molar-refractivity contribution is 7.80. The van der Waals surface area contributed by atoms with Crippen molar-refractivity contribution < 1.29 is 9.47 Å². The Bertz CT molecular complexity index is 613. The van der Waals surface area contributed by atoms with E-state index in [4.69, 9.17) is 27.4 Å². The van der Waals surface area contributed by atoms with Crippen LogP contribution in [0.4, 0.5) is 0 Å². The normalized spacial score (nSPS) is 10.1. The molecule has 0 amide bonds. The molecule has 3 nitrogen and oxygen atoms in total. The van der Waals surface area contributed by atoms with Crippen molar-refractivity contribution in [1.82, 2.24) is 0 Å². The van der Waals surface area contributed by atoms with Crippen molar-refractivity contribution in [2.75, 3.05) is 13.2 Å². The third kappa shape index (κ3) is 4.76. The molecular weight excluding hydrogens is 282 g/mol. The molecule has 21 heavy (non-hydrogen) atoms. The van der Waals surface area contributed by atoms with Gasteiger partial charge in [0.05, 0.1) is 0 Å². The Hall–Kier alpha value is -2.07. The lowest BCUT2D eigenvalue weighted by molar-refractivity contribution is 0.217. The first-order chi connectivity index (χ1) is 10.2. The van der Waals surface area contributed by atoms with Crippen LogP contribution in [0.5, 0.6) is 11.5 Å². The van der Waals surface area contributed by atoms with Gasteiger partial charge in [-0.25, -0.2) is 0 Å². The summed E-state index contributed by atoms with van der Waals surface area (Å²) in [7, 11) is 0. The predicted octanol–water partition coefficient (Wildman–Crippen LogP) is 3.34. The molecule has 0 saturated heterocycles. The van der Waals surface area contributed by atoms with Gasteiger partial charge < -0.3 is 15.2 Å². The van der Waals surface area contributed by atoms with Crippen LogP contribution < -0.4 is 15.2 Å². The first-order valence-corrected chi connectivity index (χ1v) is 7.34. The number of hydrogen-bond acceptors (Lipinski definition) is 3. The van der Waals surface area contributed by atoms with Gasteiger partial charge in [0, 0.05) is 5.56 Å². The minimum atomic E-state index is 0.369. The third-order valence-corrected chi connectivity index (χ3v) is 3.28. The monoisotopic (exact) mass is 301 g/mol. The van der Waals surface area contributed by atoms with Gasteiger partial charge in [0.2, 0.25) is 0 Å². The van der Waals surface area contributed by atoms with Gasteiger partial charge in [0.15, 0.2) is 0 Å². The molecule has 2 N–H and O–H groups in total. The smallest absolute Gasteiger partial charge is 0.122 e. The molecular formula is C17H19NO2S. The van der Waals surface area contributed by atoms with E-state index in [0.717, 1.165) is 23.5 Å². The standard InChI is InChI=1S/C17H19NO2S/c1-2-13-5-3-7-15(11-13)19-9-10-20-16-8-4-6-14(12-16)17(18)21/h3-8,11-12H,2,9-10H2,1H3,(H2,18,21). The lowest BCUT2D eigenvalue weighted by Gasteiger charge is -2.10. The quantitative estimate of drug-likeness (QED) is 0.629. The van der Waals surface area contributed by atoms with Gasteiger partial charge in [0.1, 0.15) is 29.7 Å². The average molecular weight is 301 g/mol. The van der Waals surface area contributed by atoms with Gasteiger partial charge >= 0.3 is 0 Å². The number of thiocarbonyl (C=S) groups is 1. The maximum atomic E-state index is 5.67. The largest absolute Gasteiger partial charge is 0.490 e. The second kappa shape index (κ2) is 7.64. The zero-order valence-corrected chi connectivity index (χ0v) is 12.9. The van der Waals surface area contributed by atoms with Crippen molar-refractivity contribution in [2.24, 2.45) is 5.73 Å². The molecule has 0 aliphatic carbocycles. The zero-order valence-electron chi connectivity index (χ0n) is 12.0. The molecule has 0 aromatic heterocycles. The van der Waals surface area contributed by atoms with Crippen molar-refractivity contribution in [3.05, 3.63) is 59.7 Å². The number of aryl methyl sites for hydroxylation is 1. The molecule has 0 saturated carbocycles. The molecule has 0 bridgehead atoms. The van der Waals surface area contributed by atoms with Gasteiger partial charge in [-0.2, -0.15) is 0 Å². The molecule has 0 fully saturated rings. The van der Waals surface area contributed by atoms with Crippen LogP contribution in [0.25, 0.3) is 0 Å². The Labute approximate surface area is 130 Å². The molecule has 110 valence electrons. The van der Waals surface area contributed by atoms with E-state index in [1.807, 2.05) is 42.5 Å². The first-order valence-electron chi connectivity index (χ1n) is 6.93. The van der Waals surface area contributed by atoms with Crippen LogP contribution >= 0.6 is 12.2 Å². The lowest BCUT2D eigenvalue weighted by Crippen LogP contribution is -2.11. The molecule has 0 unspecified atom stereocenters. The zero-order chi connectivity index (χ0) is 15.1. The fraction of sp³-hybridized carbons (Fsp3) is 0.235. The summed E-state index contributed by atoms with van der Waals surface area (Å²) in [6.45, 7) is 3.08. The molecule has 0 aliphatic heterocycles. The van der Waals surface area contributed by atoms with E-state index in [1.165, 1.54) is 5.56 Å². The second-order valence-electron chi connectivity index (χ2n) is 4.59. The van der Waals surface area contributed by atoms with Crippen molar-refractivity contribution in [3.8, 4) is 11.5 Å². The van der Waals surface area contributed by atoms with E-state index in [2.05, 4.69) is 13.0 Å². The van der Waals surface area contributed by atoms with Crippen molar-refractivity contribution >= 4 is 17.2 Å². The van der Waals surface area contributed by atoms with Crippen LogP contribution in [0.2, 0.25) is 0 Å². The Morgan fingerprint density at radius 1 is 1.00 bits per heavy atom. The summed E-state index contributed by atoms with van der Waals surface area (Å²) >= 11 is 4.94. The highest BCUT2D eigenvalue weighted by Crippen LogP contribution is 2.15. The summed E-state index contributed by atoms with van der Waals surface area (Å²) in [5.74, 6) is 1.61. The second-order valence-corrected chi connectivity index (χ2v) is 5.03. The van der Waals surface area contributed by atoms with Gasteiger partial charge in [-0.1, -0.05) is 43.4 Å². The third-order valence-electron chi connectivity index (χ3n) is 3.05. The SMILES string of the molecule is CCc1cccc(OCCOc2cccc(C(N)=S)c2)c1. The van der Waals surface area contributed by atoms with Crippen molar-refractivity contribution in [2.45, 2.75) is 13.3 Å². The number of nitrogens with two attached hydrogens (primary N) is 1. The maximum absolute atomic E-state index is 5.67. The van der Waals surface area contributed by atoms with Crippen LogP contribution in [-0.4, -0.2) is 18.2 Å². The highest BCUT2D eigenvalue weighted by Gasteiger charge is 2.00. The first kappa shape index (κ1) is 15.3. The summed E-state index contributed by atoms with van der Waals surface area (Å²) in [5.41, 5.74) is 7.66. The Morgan fingerprint density at radius 2 is 1.62 bits per heavy atom. The predicted molar refractivity (Wildman–Crippen MR) is 89.1 cm³/mol. The van der Waals surface area contributed by atoms with Crippen LogP contribution in [0.15, 0.2) is 48.5 Å². The summed E-state index contributed by atoms with van der Waals surface area (Å²) in [5, 5.41) is 0. The van der Waals surface area contributed by atoms with E-state index in [0.29, 0.717) is 18.2 Å². The maximum Gasteiger partial charge on any atom is 0.122 e. The van der Waals surface area contributed by atoms with E-state index in [-0.39, 0.29) is 0 Å². The van der Waals surface area contributed by atoms with Crippen LogP contribution in [0.3, 0.4) is 0 Å². The van der Waals surface area contributed by atoms with E-state index in [9.17, 15) is 0 Å². The molecule has 2 rings (SSSR count). The Morgan fingerprint density at radius 3 is 2.24 bits per heavy atom. The summed E-state index contributed by atoms with van der Waals surface area (Å²) < 4.78 is 11.3. The number of rotatable bonds is 7. The molecule has 0 aliphatic rings. The van der Waals surface area contributed by atoms with Crippen LogP contribution in [-0.2, 0) is 6.42 Å². The fourth-order valence-corrected chi connectivity index (χ4v) is 2.04. The van der Waals surface area contributed by atoms with Crippen LogP contribution in [0, 0.1) is 0 Å². The molecule has 2 aromatic carbocycles. The summed E-state index contributed by atoms with van der Waals surface area (Å²) in [6.07, 6.45) is 0.999. The Balaban J connectivity index is 1.81. The van der Waals surface area contributed by atoms with E-state index >= 15 is 0 Å². The topological polar surface area (TPSA) is 44.5 Å².